The van der Waals surface area contributed by atoms with Crippen LogP contribution in [0.2, 0.25) is 0 Å². The highest BCUT2D eigenvalue weighted by Crippen LogP contribution is 2.06. The molecular weight excluding hydrogens is 744 g/mol. The summed E-state index contributed by atoms with van der Waals surface area (Å²) in [7, 11) is 0. The quantitative estimate of drug-likeness (QED) is 0.0877. The molecule has 0 aromatic carbocycles. The van der Waals surface area contributed by atoms with E-state index in [-0.39, 0.29) is 25.7 Å². The van der Waals surface area contributed by atoms with Crippen molar-refractivity contribution in [2.45, 2.75) is 127 Å². The van der Waals surface area contributed by atoms with Gasteiger partial charge in [0.15, 0.2) is 0 Å². The number of rotatable bonds is 12. The van der Waals surface area contributed by atoms with E-state index in [1.54, 1.807) is 0 Å². The maximum atomic E-state index is 13.3. The maximum absolute atomic E-state index is 13.3. The van der Waals surface area contributed by atoms with E-state index in [4.69, 9.17) is 22.9 Å². The Morgan fingerprint density at radius 2 is 0.500 bits per heavy atom. The van der Waals surface area contributed by atoms with Crippen molar-refractivity contribution in [3.8, 4) is 0 Å². The Morgan fingerprint density at radius 1 is 0.339 bits per heavy atom. The van der Waals surface area contributed by atoms with Gasteiger partial charge in [0.1, 0.15) is 48.3 Å². The number of primary amides is 4. The molecule has 0 aromatic heterocycles. The molecule has 1 aliphatic heterocycles. The third-order valence-electron chi connectivity index (χ3n) is 8.26. The zero-order chi connectivity index (χ0) is 42.9. The molecule has 24 heteroatoms. The minimum Gasteiger partial charge on any atom is -0.370 e. The molecule has 0 radical (unpaired) electrons. The fourth-order valence-electron chi connectivity index (χ4n) is 4.93. The van der Waals surface area contributed by atoms with Gasteiger partial charge in [-0.1, -0.05) is 0 Å². The highest BCUT2D eigenvalue weighted by molar-refractivity contribution is 5.99. The van der Waals surface area contributed by atoms with Crippen LogP contribution in [0.15, 0.2) is 0 Å². The molecular formula is C32H52N12O12. The smallest absolute Gasteiger partial charge is 0.243 e. The number of hydrogen-bond acceptors (Lipinski definition) is 12. The summed E-state index contributed by atoms with van der Waals surface area (Å²) < 4.78 is 0. The molecule has 8 unspecified atom stereocenters. The molecule has 1 rings (SSSR count). The van der Waals surface area contributed by atoms with Gasteiger partial charge in [-0.15, -0.1) is 0 Å². The number of carbonyl (C=O) groups excluding carboxylic acids is 12. The van der Waals surface area contributed by atoms with Gasteiger partial charge < -0.3 is 65.5 Å². The molecule has 0 aliphatic carbocycles. The average molecular weight is 797 g/mol. The molecule has 0 bridgehead atoms. The first-order valence-electron chi connectivity index (χ1n) is 17.6. The molecule has 24 nitrogen and oxygen atoms in total. The first kappa shape index (κ1) is 47.7. The van der Waals surface area contributed by atoms with Crippen molar-refractivity contribution < 1.29 is 57.5 Å². The molecule has 0 aromatic rings. The molecule has 0 saturated carbocycles. The second kappa shape index (κ2) is 22.8. The van der Waals surface area contributed by atoms with Gasteiger partial charge in [0.25, 0.3) is 0 Å². The van der Waals surface area contributed by atoms with Crippen LogP contribution < -0.4 is 65.5 Å². The van der Waals surface area contributed by atoms with Crippen LogP contribution in [0.1, 0.15) is 79.1 Å². The molecule has 16 N–H and O–H groups in total. The third-order valence-corrected chi connectivity index (χ3v) is 8.26. The van der Waals surface area contributed by atoms with Gasteiger partial charge in [0.2, 0.25) is 70.9 Å². The maximum Gasteiger partial charge on any atom is 0.243 e. The second-order valence-electron chi connectivity index (χ2n) is 13.2. The normalized spacial score (nSPS) is 26.6. The van der Waals surface area contributed by atoms with E-state index in [2.05, 4.69) is 42.5 Å². The van der Waals surface area contributed by atoms with E-state index in [0.29, 0.717) is 0 Å². The van der Waals surface area contributed by atoms with E-state index in [9.17, 15) is 57.5 Å². The molecule has 1 aliphatic rings. The summed E-state index contributed by atoms with van der Waals surface area (Å²) in [6.45, 7) is 4.85. The minimum atomic E-state index is -1.50. The van der Waals surface area contributed by atoms with Crippen molar-refractivity contribution in [1.29, 1.82) is 0 Å². The molecule has 12 amide bonds. The summed E-state index contributed by atoms with van der Waals surface area (Å²) in [5, 5.41) is 18.7. The molecule has 1 saturated heterocycles. The number of carbonyl (C=O) groups is 12. The van der Waals surface area contributed by atoms with Gasteiger partial charge in [-0.2, -0.15) is 0 Å². The van der Waals surface area contributed by atoms with Gasteiger partial charge in [0.05, 0.1) is 0 Å². The molecule has 0 spiro atoms. The summed E-state index contributed by atoms with van der Waals surface area (Å²) in [5.41, 5.74) is 20.9. The van der Waals surface area contributed by atoms with Crippen molar-refractivity contribution in [3.05, 3.63) is 0 Å². The number of nitrogens with one attached hydrogen (secondary N) is 8. The Hall–Kier alpha value is -6.36. The first-order chi connectivity index (χ1) is 26.0. The molecule has 1 fully saturated rings. The van der Waals surface area contributed by atoms with Gasteiger partial charge in [-0.3, -0.25) is 57.5 Å². The minimum absolute atomic E-state index is 0.351. The van der Waals surface area contributed by atoms with E-state index in [1.807, 2.05) is 0 Å². The lowest BCUT2D eigenvalue weighted by Gasteiger charge is -2.27. The molecule has 312 valence electrons. The van der Waals surface area contributed by atoms with Crippen LogP contribution >= 0.6 is 0 Å². The highest BCUT2D eigenvalue weighted by atomic mass is 16.2. The fraction of sp³-hybridized carbons (Fsp3) is 0.625. The van der Waals surface area contributed by atoms with E-state index >= 15 is 0 Å². The zero-order valence-electron chi connectivity index (χ0n) is 31.5. The van der Waals surface area contributed by atoms with Gasteiger partial charge in [-0.05, 0) is 53.4 Å². The van der Waals surface area contributed by atoms with Gasteiger partial charge in [-0.25, -0.2) is 0 Å². The summed E-state index contributed by atoms with van der Waals surface area (Å²) in [5.74, 6) is -11.1. The Bertz CT molecular complexity index is 1330. The van der Waals surface area contributed by atoms with Crippen LogP contribution in [0.25, 0.3) is 0 Å². The highest BCUT2D eigenvalue weighted by Gasteiger charge is 2.33. The number of hydrogen-bond donors (Lipinski definition) is 12. The zero-order valence-corrected chi connectivity index (χ0v) is 31.5. The van der Waals surface area contributed by atoms with Crippen LogP contribution in [-0.2, 0) is 57.5 Å². The predicted molar refractivity (Wildman–Crippen MR) is 192 cm³/mol. The fourth-order valence-corrected chi connectivity index (χ4v) is 4.93. The van der Waals surface area contributed by atoms with Crippen molar-refractivity contribution in [2.75, 3.05) is 0 Å². The SMILES string of the molecule is CC1NC(=O)C(CCC(N)=O)NC(=O)C(C)NC(=O)C(CCC(N)=O)NC(=O)C(C)NC(=O)C(CCC(N)=O)NC(=O)C(C)NC(=O)C(CCC(N)=O)NC1=O. The number of amides is 12. The van der Waals surface area contributed by atoms with Crippen LogP contribution in [0.3, 0.4) is 0 Å². The predicted octanol–water partition coefficient (Wildman–Crippen LogP) is -6.98. The summed E-state index contributed by atoms with van der Waals surface area (Å²) in [6, 6.07) is -11.6. The van der Waals surface area contributed by atoms with E-state index in [0.717, 1.165) is 0 Å². The number of nitrogens with two attached hydrogens (primary N) is 4. The summed E-state index contributed by atoms with van der Waals surface area (Å²) in [6.07, 6.45) is -3.01. The van der Waals surface area contributed by atoms with Crippen molar-refractivity contribution in [2.24, 2.45) is 22.9 Å². The lowest BCUT2D eigenvalue weighted by molar-refractivity contribution is -0.136. The Morgan fingerprint density at radius 3 is 0.643 bits per heavy atom. The molecule has 8 atom stereocenters. The summed E-state index contributed by atoms with van der Waals surface area (Å²) in [4.78, 5) is 152. The van der Waals surface area contributed by atoms with Gasteiger partial charge in [0, 0.05) is 25.7 Å². The lowest BCUT2D eigenvalue weighted by atomic mass is 10.1. The van der Waals surface area contributed by atoms with E-state index in [1.165, 1.54) is 27.7 Å². The van der Waals surface area contributed by atoms with Crippen LogP contribution in [-0.4, -0.2) is 119 Å². The van der Waals surface area contributed by atoms with Crippen molar-refractivity contribution >= 4 is 70.9 Å². The average Bonchev–Trinajstić information content (AvgIpc) is 3.10. The van der Waals surface area contributed by atoms with Crippen LogP contribution in [0.5, 0.6) is 0 Å². The topological polar surface area (TPSA) is 405 Å². The largest absolute Gasteiger partial charge is 0.370 e. The Kier molecular flexibility index (Phi) is 19.4. The third kappa shape index (κ3) is 17.2. The van der Waals surface area contributed by atoms with Crippen LogP contribution in [0.4, 0.5) is 0 Å². The standard InChI is InChI=1S/C32H52N12O12/c1-13-25(49)41-18(6-10-22(34)46)30(54)38-15(3)27(51)43-20(8-12-24(36)48)32(56)40-16(4)28(52)44-19(7-11-23(35)47)31(55)39-14(2)26(50)42-17(29(53)37-13)5-9-21(33)45/h13-20H,5-12H2,1-4H3,(H2,33,45)(H2,34,46)(H2,35,47)(H2,36,48)(H,37,53)(H,38,54)(H,39,55)(H,40,56)(H,41,49)(H,42,50)(H,43,51)(H,44,52). The second-order valence-corrected chi connectivity index (χ2v) is 13.2. The van der Waals surface area contributed by atoms with Crippen LogP contribution in [0, 0.1) is 0 Å². The molecule has 1 heterocycles. The van der Waals surface area contributed by atoms with E-state index < -0.39 is 145 Å². The van der Waals surface area contributed by atoms with Crippen molar-refractivity contribution in [1.82, 2.24) is 42.5 Å². The summed E-state index contributed by atoms with van der Waals surface area (Å²) >= 11 is 0. The first-order valence-corrected chi connectivity index (χ1v) is 17.6. The van der Waals surface area contributed by atoms with Gasteiger partial charge >= 0.3 is 0 Å². The Balaban J connectivity index is 3.62. The Labute approximate surface area is 321 Å². The van der Waals surface area contributed by atoms with Crippen molar-refractivity contribution in [3.63, 3.8) is 0 Å². The monoisotopic (exact) mass is 796 g/mol. The molecule has 56 heavy (non-hydrogen) atoms. The lowest BCUT2D eigenvalue weighted by Crippen LogP contribution is -2.60.